The Labute approximate surface area is 99.4 Å². The van der Waals surface area contributed by atoms with Gasteiger partial charge in [-0.1, -0.05) is 23.8 Å². The summed E-state index contributed by atoms with van der Waals surface area (Å²) in [4.78, 5) is 3.80. The summed E-state index contributed by atoms with van der Waals surface area (Å²) in [6.07, 6.45) is 8.07. The van der Waals surface area contributed by atoms with Crippen molar-refractivity contribution in [1.29, 1.82) is 0 Å². The standard InChI is InChI=1S/C10H11ClN2O2S/c11-9-5-6-12-7-10(9)16(14,15)13-8-3-1-2-4-8/h1-2,5-8,13H,3-4H2. The van der Waals surface area contributed by atoms with Crippen LogP contribution in [-0.4, -0.2) is 19.4 Å². The number of nitrogens with zero attached hydrogens (tertiary/aromatic N) is 1. The van der Waals surface area contributed by atoms with Crippen LogP contribution in [0, 0.1) is 0 Å². The maximum atomic E-state index is 11.9. The van der Waals surface area contributed by atoms with Gasteiger partial charge in [-0.25, -0.2) is 13.1 Å². The molecule has 0 amide bonds. The lowest BCUT2D eigenvalue weighted by Gasteiger charge is -2.12. The first-order valence-corrected chi connectivity index (χ1v) is 6.72. The van der Waals surface area contributed by atoms with Gasteiger partial charge in [-0.05, 0) is 18.9 Å². The van der Waals surface area contributed by atoms with Crippen molar-refractivity contribution >= 4 is 21.6 Å². The average Bonchev–Trinajstić information content (AvgIpc) is 2.70. The number of rotatable bonds is 3. The lowest BCUT2D eigenvalue weighted by molar-refractivity contribution is 0.557. The molecule has 0 saturated heterocycles. The van der Waals surface area contributed by atoms with Crippen LogP contribution >= 0.6 is 11.6 Å². The van der Waals surface area contributed by atoms with Crippen LogP contribution in [0.3, 0.4) is 0 Å². The molecule has 16 heavy (non-hydrogen) atoms. The third-order valence-corrected chi connectivity index (χ3v) is 4.34. The Hall–Kier alpha value is -0.910. The highest BCUT2D eigenvalue weighted by Crippen LogP contribution is 2.21. The number of sulfonamides is 1. The number of aromatic nitrogens is 1. The van der Waals surface area contributed by atoms with Crippen LogP contribution in [0.5, 0.6) is 0 Å². The summed E-state index contributed by atoms with van der Waals surface area (Å²) in [5.74, 6) is 0. The highest BCUT2D eigenvalue weighted by Gasteiger charge is 2.22. The summed E-state index contributed by atoms with van der Waals surface area (Å²) < 4.78 is 26.5. The molecule has 1 aromatic heterocycles. The third-order valence-electron chi connectivity index (χ3n) is 2.35. The van der Waals surface area contributed by atoms with Crippen molar-refractivity contribution in [2.24, 2.45) is 0 Å². The highest BCUT2D eigenvalue weighted by molar-refractivity contribution is 7.89. The molecular formula is C10H11ClN2O2S. The Morgan fingerprint density at radius 3 is 2.69 bits per heavy atom. The second-order valence-corrected chi connectivity index (χ2v) is 5.66. The van der Waals surface area contributed by atoms with Gasteiger partial charge in [-0.2, -0.15) is 0 Å². The molecule has 1 heterocycles. The number of nitrogens with one attached hydrogen (secondary N) is 1. The largest absolute Gasteiger partial charge is 0.263 e. The molecule has 0 spiro atoms. The van der Waals surface area contributed by atoms with E-state index in [2.05, 4.69) is 9.71 Å². The summed E-state index contributed by atoms with van der Waals surface area (Å²) in [5, 5.41) is 0.188. The molecule has 0 aliphatic heterocycles. The van der Waals surface area contributed by atoms with Gasteiger partial charge in [0.15, 0.2) is 0 Å². The SMILES string of the molecule is O=S(=O)(NC1CC=CC1)c1cnccc1Cl. The van der Waals surface area contributed by atoms with E-state index >= 15 is 0 Å². The van der Waals surface area contributed by atoms with Gasteiger partial charge in [0.25, 0.3) is 0 Å². The van der Waals surface area contributed by atoms with Crippen molar-refractivity contribution in [1.82, 2.24) is 9.71 Å². The van der Waals surface area contributed by atoms with Crippen LogP contribution < -0.4 is 4.72 Å². The molecule has 0 unspecified atom stereocenters. The topological polar surface area (TPSA) is 59.1 Å². The van der Waals surface area contributed by atoms with Crippen molar-refractivity contribution in [3.05, 3.63) is 35.6 Å². The summed E-state index contributed by atoms with van der Waals surface area (Å²) in [5.41, 5.74) is 0. The summed E-state index contributed by atoms with van der Waals surface area (Å²) >= 11 is 5.82. The van der Waals surface area contributed by atoms with Crippen LogP contribution in [0.1, 0.15) is 12.8 Å². The fourth-order valence-corrected chi connectivity index (χ4v) is 3.25. The zero-order chi connectivity index (χ0) is 11.6. The van der Waals surface area contributed by atoms with Crippen molar-refractivity contribution in [3.8, 4) is 0 Å². The maximum absolute atomic E-state index is 11.9. The first-order valence-electron chi connectivity index (χ1n) is 4.86. The number of hydrogen-bond donors (Lipinski definition) is 1. The zero-order valence-corrected chi connectivity index (χ0v) is 10.0. The summed E-state index contributed by atoms with van der Waals surface area (Å²) in [6.45, 7) is 0. The van der Waals surface area contributed by atoms with Crippen molar-refractivity contribution in [2.45, 2.75) is 23.8 Å². The minimum atomic E-state index is -3.56. The van der Waals surface area contributed by atoms with Gasteiger partial charge in [0.05, 0.1) is 5.02 Å². The molecule has 1 aliphatic carbocycles. The third kappa shape index (κ3) is 2.42. The smallest absolute Gasteiger partial charge is 0.243 e. The minimum absolute atomic E-state index is 0.0311. The monoisotopic (exact) mass is 258 g/mol. The van der Waals surface area contributed by atoms with E-state index in [1.807, 2.05) is 12.2 Å². The second kappa shape index (κ2) is 4.53. The van der Waals surface area contributed by atoms with Crippen LogP contribution in [0.15, 0.2) is 35.5 Å². The van der Waals surface area contributed by atoms with E-state index in [4.69, 9.17) is 11.6 Å². The van der Waals surface area contributed by atoms with Crippen LogP contribution in [0.4, 0.5) is 0 Å². The zero-order valence-electron chi connectivity index (χ0n) is 8.43. The molecule has 0 bridgehead atoms. The molecule has 6 heteroatoms. The van der Waals surface area contributed by atoms with Gasteiger partial charge in [-0.3, -0.25) is 4.98 Å². The number of halogens is 1. The Morgan fingerprint density at radius 1 is 1.38 bits per heavy atom. The first-order chi connectivity index (χ1) is 7.59. The lowest BCUT2D eigenvalue weighted by atomic mass is 10.3. The molecule has 0 fully saturated rings. The van der Waals surface area contributed by atoms with Crippen molar-refractivity contribution in [2.75, 3.05) is 0 Å². The molecular weight excluding hydrogens is 248 g/mol. The minimum Gasteiger partial charge on any atom is -0.263 e. The Kier molecular flexibility index (Phi) is 3.28. The van der Waals surface area contributed by atoms with Crippen LogP contribution in [-0.2, 0) is 10.0 Å². The molecule has 4 nitrogen and oxygen atoms in total. The molecule has 0 radical (unpaired) electrons. The fourth-order valence-electron chi connectivity index (χ4n) is 1.56. The summed E-state index contributed by atoms with van der Waals surface area (Å²) in [7, 11) is -3.56. The van der Waals surface area contributed by atoms with E-state index < -0.39 is 10.0 Å². The van der Waals surface area contributed by atoms with E-state index in [1.54, 1.807) is 0 Å². The Morgan fingerprint density at radius 2 is 2.06 bits per heavy atom. The Bertz CT molecular complexity index is 505. The summed E-state index contributed by atoms with van der Waals surface area (Å²) in [6, 6.07) is 1.39. The molecule has 86 valence electrons. The van der Waals surface area contributed by atoms with E-state index in [1.165, 1.54) is 18.5 Å². The highest BCUT2D eigenvalue weighted by atomic mass is 35.5. The van der Waals surface area contributed by atoms with E-state index in [0.29, 0.717) is 0 Å². The normalized spacial score (nSPS) is 16.8. The van der Waals surface area contributed by atoms with Gasteiger partial charge in [-0.15, -0.1) is 0 Å². The molecule has 0 saturated carbocycles. The van der Waals surface area contributed by atoms with Crippen LogP contribution in [0.25, 0.3) is 0 Å². The molecule has 2 rings (SSSR count). The molecule has 0 aromatic carbocycles. The predicted octanol–water partition coefficient (Wildman–Crippen LogP) is 1.73. The van der Waals surface area contributed by atoms with Crippen molar-refractivity contribution in [3.63, 3.8) is 0 Å². The van der Waals surface area contributed by atoms with Crippen molar-refractivity contribution < 1.29 is 8.42 Å². The molecule has 1 aromatic rings. The lowest BCUT2D eigenvalue weighted by Crippen LogP contribution is -2.33. The number of pyridine rings is 1. The van der Waals surface area contributed by atoms with E-state index in [9.17, 15) is 8.42 Å². The van der Waals surface area contributed by atoms with E-state index in [0.717, 1.165) is 12.8 Å². The van der Waals surface area contributed by atoms with Gasteiger partial charge in [0.1, 0.15) is 4.90 Å². The van der Waals surface area contributed by atoms with Gasteiger partial charge < -0.3 is 0 Å². The predicted molar refractivity (Wildman–Crippen MR) is 61.7 cm³/mol. The molecule has 1 N–H and O–H groups in total. The average molecular weight is 259 g/mol. The van der Waals surface area contributed by atoms with Gasteiger partial charge in [0.2, 0.25) is 10.0 Å². The van der Waals surface area contributed by atoms with E-state index in [-0.39, 0.29) is 16.0 Å². The first kappa shape index (κ1) is 11.6. The van der Waals surface area contributed by atoms with Gasteiger partial charge in [0, 0.05) is 18.4 Å². The second-order valence-electron chi connectivity index (χ2n) is 3.57. The van der Waals surface area contributed by atoms with Crippen LogP contribution in [0.2, 0.25) is 5.02 Å². The maximum Gasteiger partial charge on any atom is 0.243 e. The molecule has 1 aliphatic rings. The quantitative estimate of drug-likeness (QED) is 0.840. The number of hydrogen-bond acceptors (Lipinski definition) is 3. The Balaban J connectivity index is 2.22. The van der Waals surface area contributed by atoms with Gasteiger partial charge >= 0.3 is 0 Å². The molecule has 0 atom stereocenters. The fraction of sp³-hybridized carbons (Fsp3) is 0.300.